The molecule has 0 aromatic carbocycles. The summed E-state index contributed by atoms with van der Waals surface area (Å²) in [5.74, 6) is -5.92. The Morgan fingerprint density at radius 2 is 0.586 bits per heavy atom. The van der Waals surface area contributed by atoms with Gasteiger partial charge >= 0.3 is 85.2 Å². The molecule has 0 saturated carbocycles. The van der Waals surface area contributed by atoms with Gasteiger partial charge in [0, 0.05) is 25.1 Å². The molecular weight excluding hydrogens is 1800 g/mol. The monoisotopic (exact) mass is 1950 g/mol. The van der Waals surface area contributed by atoms with E-state index in [1.54, 1.807) is 60.3 Å². The first-order chi connectivity index (χ1) is 56.4. The summed E-state index contributed by atoms with van der Waals surface area (Å²) in [6, 6.07) is 0. The first kappa shape index (κ1) is 134. The zero-order chi connectivity index (χ0) is 104. The minimum absolute atomic E-state index is 0.0241. The predicted octanol–water partition coefficient (Wildman–Crippen LogP) is 19.7. The Kier molecular flexibility index (Phi) is 53.7. The molecule has 1 rings (SSSR count). The highest BCUT2D eigenvalue weighted by molar-refractivity contribution is 7.85. The molecule has 0 radical (unpaired) electrons. The molecule has 2 unspecified atom stereocenters. The fourth-order valence-electron chi connectivity index (χ4n) is 9.89. The van der Waals surface area contributed by atoms with Crippen LogP contribution in [0.25, 0.3) is 0 Å². The van der Waals surface area contributed by atoms with Crippen LogP contribution in [0, 0.1) is 44.3 Å². The lowest BCUT2D eigenvalue weighted by Crippen LogP contribution is -3.11. The van der Waals surface area contributed by atoms with Crippen molar-refractivity contribution in [2.45, 2.75) is 386 Å². The van der Waals surface area contributed by atoms with E-state index in [4.69, 9.17) is 18.9 Å². The van der Waals surface area contributed by atoms with Crippen molar-refractivity contribution < 1.29 is 201 Å². The maximum atomic E-state index is 12.8. The van der Waals surface area contributed by atoms with Gasteiger partial charge < -0.3 is 58.3 Å². The molecule has 1 saturated heterocycles. The third-order valence-corrected chi connectivity index (χ3v) is 22.8. The van der Waals surface area contributed by atoms with Gasteiger partial charge in [0.2, 0.25) is 0 Å². The summed E-state index contributed by atoms with van der Waals surface area (Å²) in [5, 5.41) is 37.1. The molecule has 21 nitrogen and oxygen atoms in total. The van der Waals surface area contributed by atoms with Crippen LogP contribution >= 0.6 is 0 Å². The van der Waals surface area contributed by atoms with Crippen LogP contribution in [0.5, 0.6) is 0 Å². The Labute approximate surface area is 737 Å². The van der Waals surface area contributed by atoms with E-state index in [-0.39, 0.29) is 67.9 Å². The van der Waals surface area contributed by atoms with Crippen molar-refractivity contribution in [3.63, 3.8) is 0 Å². The third kappa shape index (κ3) is 42.2. The number of quaternary nitrogens is 1. The number of ether oxygens (including phenoxy) is 6. The fourth-order valence-corrected chi connectivity index (χ4v) is 10.4. The van der Waals surface area contributed by atoms with Gasteiger partial charge in [-0.3, -0.25) is 33.7 Å². The predicted molar refractivity (Wildman–Crippen MR) is 425 cm³/mol. The van der Waals surface area contributed by atoms with Gasteiger partial charge in [-0.2, -0.15) is 105 Å². The topological polar surface area (TPSA) is 304 Å². The summed E-state index contributed by atoms with van der Waals surface area (Å²) in [6.45, 7) is 50.7. The molecule has 0 aromatic rings. The van der Waals surface area contributed by atoms with Crippen molar-refractivity contribution >= 4 is 45.9 Å². The van der Waals surface area contributed by atoms with E-state index in [1.807, 2.05) is 27.7 Å². The Hall–Kier alpha value is -5.19. The molecule has 0 spiro atoms. The zero-order valence-corrected chi connectivity index (χ0v) is 79.7. The van der Waals surface area contributed by atoms with E-state index in [2.05, 4.69) is 35.1 Å². The molecule has 1 aliphatic rings. The number of rotatable bonds is 36. The van der Waals surface area contributed by atoms with Crippen LogP contribution in [-0.2, 0) is 67.3 Å². The van der Waals surface area contributed by atoms with E-state index in [1.165, 1.54) is 108 Å². The van der Waals surface area contributed by atoms with E-state index in [0.29, 0.717) is 53.6 Å². The third-order valence-electron chi connectivity index (χ3n) is 22.0. The van der Waals surface area contributed by atoms with E-state index < -0.39 is 175 Å². The van der Waals surface area contributed by atoms with Crippen molar-refractivity contribution in [1.82, 2.24) is 4.90 Å². The second-order valence-electron chi connectivity index (χ2n) is 36.7. The summed E-state index contributed by atoms with van der Waals surface area (Å²) in [5.41, 5.74) is -32.3. The van der Waals surface area contributed by atoms with Gasteiger partial charge in [0.05, 0.1) is 68.8 Å². The van der Waals surface area contributed by atoms with E-state index >= 15 is 0 Å². The lowest BCUT2D eigenvalue weighted by molar-refractivity contribution is -0.894. The number of nitrogens with one attached hydrogen (secondary N) is 1. The average molecular weight is 1950 g/mol. The number of halogens is 24. The molecule has 0 bridgehead atoms. The summed E-state index contributed by atoms with van der Waals surface area (Å²) in [4.78, 5) is 74.6. The number of likely N-dealkylation sites (tertiary alicyclic amines) is 1. The number of nitrogens with zero attached hydrogens (tertiary/aromatic N) is 1. The number of hydrogen-bond donors (Lipinski definition) is 5. The number of esters is 6. The molecule has 46 heteroatoms. The summed E-state index contributed by atoms with van der Waals surface area (Å²) in [6.07, 6.45) is -49.2. The molecule has 0 aliphatic carbocycles. The van der Waals surface area contributed by atoms with E-state index in [9.17, 15) is 168 Å². The summed E-state index contributed by atoms with van der Waals surface area (Å²) < 4.78 is 367. The zero-order valence-electron chi connectivity index (χ0n) is 78.9. The van der Waals surface area contributed by atoms with Gasteiger partial charge in [-0.15, -0.1) is 0 Å². The number of alkyl halides is 24. The SMILES string of the molecule is CCC(C)(C)C(=O)OC(C)(C)C(O)(C(F)(F)F)C(F)(F)F.CCC(C)(C)C(=O)OC(C)(C)C(O)(C(F)(F)F)C(F)(F)F.CCC(C)(C)C(=O)OC(CC(C)C)CC(O)(C(F)(F)F)C(F)(F)F.CCC(C)(C)C(=O)OC(CC(C)C)CC(O)(C(F)(F)F)C(F)(F)F.CCC(C)(C)C(=O)OCCCS(=O)(=O)[O-].CCC(C)(C)C(=O)OCCN1CCCCC1.CC[NH+](CC)CC. The van der Waals surface area contributed by atoms with Crippen molar-refractivity contribution in [3.8, 4) is 0 Å². The average Bonchev–Trinajstić information content (AvgIpc) is 0.732. The van der Waals surface area contributed by atoms with Crippen LogP contribution in [0.2, 0.25) is 0 Å². The van der Waals surface area contributed by atoms with Crippen LogP contribution < -0.4 is 4.90 Å². The van der Waals surface area contributed by atoms with Gasteiger partial charge in [0.25, 0.3) is 22.4 Å². The standard InChI is InChI=1S/2C15H24F6O3.C13H25NO2.2C12H18F6O3.C9H18O5S.C6H15N/c2*1-6-12(4,5)11(22)24-10(7-9(2)3)8-13(23,14(16,17)18)15(19,20)21;1-4-13(2,3)12(15)16-11-10-14-8-6-5-7-9-14;2*1-6-8(2,3)7(19)21-9(4,5)10(20,11(13,14)15)12(16,17)18;1-4-9(2,3)8(10)14-6-5-7-15(11,12)13;1-4-7(5-2)6-3/h2*9-10,23H,6-8H2,1-5H3;4-11H2,1-3H3;2*20H,6H2,1-5H3;4-7H2,1-3H3,(H,11,12,13);4-6H2,1-3H3. The highest BCUT2D eigenvalue weighted by Crippen LogP contribution is 2.54. The van der Waals surface area contributed by atoms with Crippen molar-refractivity contribution in [2.24, 2.45) is 44.3 Å². The van der Waals surface area contributed by atoms with Crippen molar-refractivity contribution in [1.29, 1.82) is 0 Å². The minimum atomic E-state index is -6.06. The first-order valence-corrected chi connectivity index (χ1v) is 43.2. The molecular formula is C82H142F24N2O19S. The van der Waals surface area contributed by atoms with Crippen LogP contribution in [0.3, 0.4) is 0 Å². The number of piperidine rings is 1. The first-order valence-electron chi connectivity index (χ1n) is 41.6. The van der Waals surface area contributed by atoms with Gasteiger partial charge in [-0.25, -0.2) is 8.42 Å². The fraction of sp³-hybridized carbons (Fsp3) is 0.927. The Morgan fingerprint density at radius 3 is 0.781 bits per heavy atom. The molecule has 1 heterocycles. The Bertz CT molecular complexity index is 3170. The Balaban J connectivity index is -0.000000345. The van der Waals surface area contributed by atoms with Gasteiger partial charge in [-0.1, -0.05) is 75.7 Å². The highest BCUT2D eigenvalue weighted by Gasteiger charge is 2.80. The summed E-state index contributed by atoms with van der Waals surface area (Å²) in [7, 11) is -4.20. The number of carbonyl (C=O) groups excluding carboxylic acids is 6. The highest BCUT2D eigenvalue weighted by atomic mass is 32.2. The molecule has 2 atom stereocenters. The molecule has 768 valence electrons. The maximum Gasteiger partial charge on any atom is 0.430 e. The van der Waals surface area contributed by atoms with Crippen LogP contribution in [-0.4, -0.2) is 228 Å². The van der Waals surface area contributed by atoms with Gasteiger partial charge in [0.15, 0.2) is 11.2 Å². The molecule has 128 heavy (non-hydrogen) atoms. The molecule has 5 N–H and O–H groups in total. The van der Waals surface area contributed by atoms with Gasteiger partial charge in [0.1, 0.15) is 18.8 Å². The lowest BCUT2D eigenvalue weighted by Gasteiger charge is -2.44. The maximum absolute atomic E-state index is 12.8. The number of hydrogen-bond acceptors (Lipinski definition) is 20. The smallest absolute Gasteiger partial charge is 0.430 e. The normalized spacial score (nSPS) is 15.1. The van der Waals surface area contributed by atoms with Crippen molar-refractivity contribution in [3.05, 3.63) is 0 Å². The Morgan fingerprint density at radius 1 is 0.359 bits per heavy atom. The lowest BCUT2D eigenvalue weighted by atomic mass is 9.83. The van der Waals surface area contributed by atoms with Crippen LogP contribution in [0.15, 0.2) is 0 Å². The van der Waals surface area contributed by atoms with Crippen LogP contribution in [0.1, 0.15) is 291 Å². The quantitative estimate of drug-likeness (QED) is 0.0128. The minimum Gasteiger partial charge on any atom is -0.748 e. The molecule has 1 aliphatic heterocycles. The summed E-state index contributed by atoms with van der Waals surface area (Å²) >= 11 is 0. The van der Waals surface area contributed by atoms with Crippen molar-refractivity contribution in [2.75, 3.05) is 58.2 Å². The number of carbonyl (C=O) groups is 6. The second kappa shape index (κ2) is 51.5. The second-order valence-corrected chi connectivity index (χ2v) is 38.2. The van der Waals surface area contributed by atoms with E-state index in [0.717, 1.165) is 26.1 Å². The van der Waals surface area contributed by atoms with Gasteiger partial charge in [-0.05, 0) is 227 Å². The number of aliphatic hydroxyl groups is 4. The molecule has 1 fully saturated rings. The molecule has 0 aromatic heterocycles. The largest absolute Gasteiger partial charge is 0.748 e. The van der Waals surface area contributed by atoms with Crippen LogP contribution in [0.4, 0.5) is 105 Å². The molecule has 0 amide bonds.